The summed E-state index contributed by atoms with van der Waals surface area (Å²) in [5, 5.41) is 18.2. The molecule has 0 aliphatic carbocycles. The predicted octanol–water partition coefficient (Wildman–Crippen LogP) is 3.27. The lowest BCUT2D eigenvalue weighted by molar-refractivity contribution is -0.122. The molecule has 7 rings (SSSR count). The Morgan fingerprint density at radius 1 is 1.10 bits per heavy atom. The summed E-state index contributed by atoms with van der Waals surface area (Å²) >= 11 is 0. The Kier molecular flexibility index (Phi) is 9.86. The molecule has 0 saturated carbocycles. The molecule has 3 N–H and O–H groups in total. The molecule has 2 unspecified atom stereocenters. The lowest BCUT2D eigenvalue weighted by atomic mass is 9.96. The number of hydrogen-bond acceptors (Lipinski definition) is 10. The number of fused-ring (bicyclic) bond motifs is 11. The van der Waals surface area contributed by atoms with E-state index < -0.39 is 11.6 Å². The van der Waals surface area contributed by atoms with Crippen molar-refractivity contribution in [3.05, 3.63) is 47.7 Å². The Morgan fingerprint density at radius 3 is 2.75 bits per heavy atom. The zero-order chi connectivity index (χ0) is 33.9. The van der Waals surface area contributed by atoms with Crippen LogP contribution in [0.15, 0.2) is 30.5 Å². The highest BCUT2D eigenvalue weighted by Crippen LogP contribution is 2.39. The molecule has 3 aliphatic rings. The number of carbonyl (C=O) groups excluding carboxylic acids is 1. The molecule has 11 nitrogen and oxygen atoms in total. The molecule has 2 saturated heterocycles. The topological polar surface area (TPSA) is 119 Å². The van der Waals surface area contributed by atoms with E-state index >= 15 is 4.39 Å². The molecule has 4 aromatic rings. The number of piperazine rings is 2. The lowest BCUT2D eigenvalue weighted by Crippen LogP contribution is -2.56. The molecule has 0 radical (unpaired) electrons. The van der Waals surface area contributed by atoms with E-state index in [2.05, 4.69) is 31.3 Å². The Hall–Kier alpha value is -4.64. The second kappa shape index (κ2) is 14.2. The van der Waals surface area contributed by atoms with E-state index in [-0.39, 0.29) is 57.9 Å². The summed E-state index contributed by atoms with van der Waals surface area (Å²) in [4.78, 5) is 33.1. The van der Waals surface area contributed by atoms with Crippen LogP contribution in [0.25, 0.3) is 32.9 Å². The number of anilines is 2. The van der Waals surface area contributed by atoms with E-state index in [1.54, 1.807) is 0 Å². The van der Waals surface area contributed by atoms with Crippen molar-refractivity contribution in [3.8, 4) is 29.4 Å². The normalized spacial score (nSPS) is 20.5. The van der Waals surface area contributed by atoms with Crippen molar-refractivity contribution < 1.29 is 23.4 Å². The van der Waals surface area contributed by atoms with Crippen LogP contribution in [0.3, 0.4) is 0 Å². The molecule has 48 heavy (non-hydrogen) atoms. The van der Waals surface area contributed by atoms with E-state index in [9.17, 15) is 14.3 Å². The van der Waals surface area contributed by atoms with Gasteiger partial charge in [0.25, 0.3) is 0 Å². The van der Waals surface area contributed by atoms with Gasteiger partial charge < -0.3 is 30.3 Å². The van der Waals surface area contributed by atoms with Gasteiger partial charge in [0.15, 0.2) is 5.82 Å². The molecule has 0 spiro atoms. The van der Waals surface area contributed by atoms with Gasteiger partial charge in [-0.05, 0) is 30.6 Å². The molecule has 3 aliphatic heterocycles. The van der Waals surface area contributed by atoms with Gasteiger partial charge in [-0.2, -0.15) is 4.98 Å². The fourth-order valence-corrected chi connectivity index (χ4v) is 6.54. The molecule has 6 bridgehead atoms. The van der Waals surface area contributed by atoms with Crippen LogP contribution in [0, 0.1) is 24.0 Å². The van der Waals surface area contributed by atoms with Gasteiger partial charge >= 0.3 is 0 Å². The van der Waals surface area contributed by atoms with Crippen LogP contribution in [0.5, 0.6) is 5.75 Å². The minimum atomic E-state index is -0.733. The summed E-state index contributed by atoms with van der Waals surface area (Å²) in [6.07, 6.45) is 7.50. The number of phenolic OH excluding ortho intramolecular Hbond substituents is 1. The molecular weight excluding hydrogens is 618 g/mol. The van der Waals surface area contributed by atoms with Crippen LogP contribution < -0.4 is 20.4 Å². The molecule has 2 atom stereocenters. The number of rotatable bonds is 1. The smallest absolute Gasteiger partial charge is 0.228 e. The van der Waals surface area contributed by atoms with Crippen LogP contribution in [0.4, 0.5) is 20.5 Å². The third-order valence-electron chi connectivity index (χ3n) is 9.05. The molecule has 2 fully saturated rings. The Balaban J connectivity index is 0.00000197. The van der Waals surface area contributed by atoms with Gasteiger partial charge in [0.05, 0.1) is 24.2 Å². The van der Waals surface area contributed by atoms with Gasteiger partial charge in [0.1, 0.15) is 28.6 Å². The first-order valence-corrected chi connectivity index (χ1v) is 16.4. The van der Waals surface area contributed by atoms with Gasteiger partial charge in [0, 0.05) is 81.5 Å². The van der Waals surface area contributed by atoms with Gasteiger partial charge in [-0.3, -0.25) is 14.7 Å². The lowest BCUT2D eigenvalue weighted by Gasteiger charge is -2.40. The zero-order valence-electron chi connectivity index (χ0n) is 27.4. The predicted molar refractivity (Wildman–Crippen MR) is 182 cm³/mol. The van der Waals surface area contributed by atoms with Crippen LogP contribution in [-0.2, 0) is 9.53 Å². The minimum Gasteiger partial charge on any atom is -0.508 e. The average molecular weight is 659 g/mol. The number of amides is 1. The number of pyridine rings is 1. The Labute approximate surface area is 278 Å². The summed E-state index contributed by atoms with van der Waals surface area (Å²) in [5.41, 5.74) is 0.0543. The monoisotopic (exact) mass is 658 g/mol. The molecule has 2 aromatic heterocycles. The van der Waals surface area contributed by atoms with Crippen molar-refractivity contribution in [2.24, 2.45) is 0 Å². The zero-order valence-corrected chi connectivity index (χ0v) is 27.4. The van der Waals surface area contributed by atoms with Gasteiger partial charge in [-0.15, -0.1) is 6.42 Å². The first-order valence-electron chi connectivity index (χ1n) is 16.4. The minimum absolute atomic E-state index is 0.0218. The number of hydrogen-bond donors (Lipinski definition) is 3. The molecule has 5 heterocycles. The summed E-state index contributed by atoms with van der Waals surface area (Å²) in [5.74, 6) is 1.71. The molecule has 13 heteroatoms. The first kappa shape index (κ1) is 33.3. The second-order valence-corrected chi connectivity index (χ2v) is 12.0. The highest BCUT2D eigenvalue weighted by molar-refractivity contribution is 6.03. The fourth-order valence-electron chi connectivity index (χ4n) is 6.54. The van der Waals surface area contributed by atoms with Crippen LogP contribution >= 0.6 is 0 Å². The SMILES string of the molecule is C#Cc1c(F)ccc2cc(O)cc(-c3ncc4c5nc(nc4c3F)N3CCN(C)C(CNC(=O)CCOCC4CN5CCN4)C3)c12.CC. The van der Waals surface area contributed by atoms with Crippen molar-refractivity contribution in [2.75, 3.05) is 75.9 Å². The maximum Gasteiger partial charge on any atom is 0.228 e. The van der Waals surface area contributed by atoms with Crippen molar-refractivity contribution in [3.63, 3.8) is 0 Å². The standard InChI is InChI=1S/C33H34F2N8O3.C2H6/c1-3-23-26(34)5-4-19-12-22(44)13-24(28(19)23)30-29(35)31-25(15-38-30)32-40-33(39-31)43-10-9-41(2)21(17-43)14-37-27(45)6-11-46-18-20-16-42(32)8-7-36-20;1-2/h1,4-5,12-13,15,20-21,36,44H,6-11,14,16-18H2,2H3,(H,37,45);1-2H3. The molecular formula is C35H40F2N8O3. The van der Waals surface area contributed by atoms with Crippen LogP contribution in [0.2, 0.25) is 0 Å². The van der Waals surface area contributed by atoms with Crippen molar-refractivity contribution in [2.45, 2.75) is 32.4 Å². The van der Waals surface area contributed by atoms with E-state index in [1.165, 1.54) is 30.5 Å². The molecule has 2 aromatic carbocycles. The van der Waals surface area contributed by atoms with Crippen molar-refractivity contribution in [1.82, 2.24) is 30.5 Å². The first-order chi connectivity index (χ1) is 23.3. The van der Waals surface area contributed by atoms with E-state index in [0.29, 0.717) is 81.6 Å². The summed E-state index contributed by atoms with van der Waals surface area (Å²) in [6.45, 7) is 8.75. The number of aromatic hydroxyl groups is 1. The summed E-state index contributed by atoms with van der Waals surface area (Å²) < 4.78 is 37.6. The van der Waals surface area contributed by atoms with Crippen molar-refractivity contribution >= 4 is 39.3 Å². The number of terminal acetylenes is 1. The Morgan fingerprint density at radius 2 is 1.94 bits per heavy atom. The Bertz CT molecular complexity index is 1880. The number of benzene rings is 2. The van der Waals surface area contributed by atoms with E-state index in [4.69, 9.17) is 21.1 Å². The maximum atomic E-state index is 16.9. The van der Waals surface area contributed by atoms with Gasteiger partial charge in [-0.25, -0.2) is 13.8 Å². The third kappa shape index (κ3) is 6.43. The van der Waals surface area contributed by atoms with Crippen LogP contribution in [-0.4, -0.2) is 109 Å². The van der Waals surface area contributed by atoms with Crippen molar-refractivity contribution in [1.29, 1.82) is 0 Å². The number of likely N-dealkylation sites (N-methyl/N-ethyl adjacent to an activating group) is 1. The van der Waals surface area contributed by atoms with Crippen LogP contribution in [0.1, 0.15) is 25.8 Å². The number of halogens is 2. The average Bonchev–Trinajstić information content (AvgIpc) is 3.10. The quantitative estimate of drug-likeness (QED) is 0.263. The molecule has 1 amide bonds. The number of nitrogens with zero attached hydrogens (tertiary/aromatic N) is 6. The second-order valence-electron chi connectivity index (χ2n) is 12.0. The van der Waals surface area contributed by atoms with Gasteiger partial charge in [0.2, 0.25) is 11.9 Å². The number of ether oxygens (including phenoxy) is 1. The van der Waals surface area contributed by atoms with Gasteiger partial charge in [-0.1, -0.05) is 25.8 Å². The number of aromatic nitrogens is 3. The van der Waals surface area contributed by atoms with E-state index in [0.717, 1.165) is 0 Å². The summed E-state index contributed by atoms with van der Waals surface area (Å²) in [7, 11) is 2.01. The fraction of sp³-hybridized carbons (Fsp3) is 0.429. The third-order valence-corrected chi connectivity index (χ3v) is 9.05. The maximum absolute atomic E-state index is 16.9. The highest BCUT2D eigenvalue weighted by atomic mass is 19.1. The highest BCUT2D eigenvalue weighted by Gasteiger charge is 2.31. The summed E-state index contributed by atoms with van der Waals surface area (Å²) in [6, 6.07) is 5.44. The largest absolute Gasteiger partial charge is 0.508 e. The number of phenols is 1. The molecule has 252 valence electrons. The number of nitrogens with one attached hydrogen (secondary N) is 2. The van der Waals surface area contributed by atoms with E-state index in [1.807, 2.05) is 25.8 Å². The number of carbonyl (C=O) groups is 1.